The van der Waals surface area contributed by atoms with Crippen LogP contribution in [0, 0.1) is 0 Å². The fraction of sp³-hybridized carbons (Fsp3) is 0.238. The molecular formula is C21H23N5O2. The number of benzene rings is 2. The van der Waals surface area contributed by atoms with Gasteiger partial charge in [-0.2, -0.15) is 9.90 Å². The summed E-state index contributed by atoms with van der Waals surface area (Å²) in [5, 5.41) is 11.2. The number of carbonyl (C=O) groups excluding carboxylic acids is 2. The normalized spacial score (nSPS) is 10.5. The molecule has 1 aromatic heterocycles. The number of carbonyl (C=O) groups is 2. The quantitative estimate of drug-likeness (QED) is 0.686. The predicted octanol–water partition coefficient (Wildman–Crippen LogP) is 2.68. The van der Waals surface area contributed by atoms with E-state index in [0.29, 0.717) is 25.2 Å². The predicted molar refractivity (Wildman–Crippen MR) is 106 cm³/mol. The summed E-state index contributed by atoms with van der Waals surface area (Å²) in [6, 6.07) is 16.7. The second kappa shape index (κ2) is 8.94. The summed E-state index contributed by atoms with van der Waals surface area (Å²) in [4.78, 5) is 27.8. The van der Waals surface area contributed by atoms with Crippen LogP contribution in [-0.2, 0) is 6.54 Å². The Labute approximate surface area is 164 Å². The zero-order valence-electron chi connectivity index (χ0n) is 16.0. The van der Waals surface area contributed by atoms with E-state index in [0.717, 1.165) is 11.3 Å². The van der Waals surface area contributed by atoms with E-state index in [1.165, 1.54) is 11.0 Å². The zero-order valence-corrected chi connectivity index (χ0v) is 16.0. The summed E-state index contributed by atoms with van der Waals surface area (Å²) in [5.41, 5.74) is 2.58. The minimum Gasteiger partial charge on any atom is -0.347 e. The van der Waals surface area contributed by atoms with Gasteiger partial charge in [0.25, 0.3) is 11.8 Å². The van der Waals surface area contributed by atoms with E-state index in [1.54, 1.807) is 17.0 Å². The molecule has 28 heavy (non-hydrogen) atoms. The average Bonchev–Trinajstić information content (AvgIpc) is 3.24. The third-order valence-electron chi connectivity index (χ3n) is 4.42. The molecule has 0 aliphatic rings. The van der Waals surface area contributed by atoms with Gasteiger partial charge in [-0.25, -0.2) is 0 Å². The van der Waals surface area contributed by atoms with Gasteiger partial charge in [0.15, 0.2) is 5.69 Å². The number of aromatic nitrogens is 3. The first-order valence-corrected chi connectivity index (χ1v) is 9.26. The van der Waals surface area contributed by atoms with Gasteiger partial charge in [-0.1, -0.05) is 30.3 Å². The van der Waals surface area contributed by atoms with Crippen LogP contribution in [0.15, 0.2) is 60.8 Å². The SMILES string of the molecule is CCN(CC)C(=O)c1ccc(CNC(=O)c2cnn(-c3ccccc3)n2)cc1. The molecule has 0 atom stereocenters. The second-order valence-corrected chi connectivity index (χ2v) is 6.21. The number of hydrogen-bond acceptors (Lipinski definition) is 4. The molecule has 0 fully saturated rings. The number of nitrogens with zero attached hydrogens (tertiary/aromatic N) is 4. The Morgan fingerprint density at radius 2 is 1.68 bits per heavy atom. The van der Waals surface area contributed by atoms with Crippen molar-refractivity contribution in [1.82, 2.24) is 25.2 Å². The van der Waals surface area contributed by atoms with Crippen molar-refractivity contribution in [2.45, 2.75) is 20.4 Å². The Hall–Kier alpha value is -3.48. The maximum atomic E-state index is 12.3. The highest BCUT2D eigenvalue weighted by molar-refractivity contribution is 5.94. The number of rotatable bonds is 7. The van der Waals surface area contributed by atoms with E-state index >= 15 is 0 Å². The minimum absolute atomic E-state index is 0.0121. The molecule has 1 N–H and O–H groups in total. The molecule has 0 bridgehead atoms. The largest absolute Gasteiger partial charge is 0.347 e. The highest BCUT2D eigenvalue weighted by Gasteiger charge is 2.13. The number of amides is 2. The molecule has 3 aromatic rings. The van der Waals surface area contributed by atoms with Gasteiger partial charge in [-0.3, -0.25) is 9.59 Å². The molecule has 0 unspecified atom stereocenters. The molecule has 0 saturated heterocycles. The van der Waals surface area contributed by atoms with Gasteiger partial charge in [0, 0.05) is 25.2 Å². The molecule has 3 rings (SSSR count). The van der Waals surface area contributed by atoms with Crippen molar-refractivity contribution in [1.29, 1.82) is 0 Å². The van der Waals surface area contributed by atoms with Crippen molar-refractivity contribution >= 4 is 11.8 Å². The van der Waals surface area contributed by atoms with E-state index in [4.69, 9.17) is 0 Å². The van der Waals surface area contributed by atoms with Crippen molar-refractivity contribution in [3.8, 4) is 5.69 Å². The lowest BCUT2D eigenvalue weighted by Crippen LogP contribution is -2.30. The summed E-state index contributed by atoms with van der Waals surface area (Å²) < 4.78 is 0. The van der Waals surface area contributed by atoms with Crippen molar-refractivity contribution in [2.24, 2.45) is 0 Å². The molecule has 144 valence electrons. The van der Waals surface area contributed by atoms with E-state index in [9.17, 15) is 9.59 Å². The van der Waals surface area contributed by atoms with Crippen molar-refractivity contribution in [3.63, 3.8) is 0 Å². The molecule has 7 heteroatoms. The fourth-order valence-electron chi connectivity index (χ4n) is 2.78. The van der Waals surface area contributed by atoms with Crippen LogP contribution >= 0.6 is 0 Å². The molecule has 0 aliphatic carbocycles. The average molecular weight is 377 g/mol. The van der Waals surface area contributed by atoms with Crippen LogP contribution < -0.4 is 5.32 Å². The summed E-state index contributed by atoms with van der Waals surface area (Å²) in [6.45, 7) is 5.61. The lowest BCUT2D eigenvalue weighted by atomic mass is 10.1. The standard InChI is InChI=1S/C21H23N5O2/c1-3-25(4-2)21(28)17-12-10-16(11-13-17)14-22-20(27)19-15-23-26(24-19)18-8-6-5-7-9-18/h5-13,15H,3-4,14H2,1-2H3,(H,22,27). The zero-order chi connectivity index (χ0) is 19.9. The third-order valence-corrected chi connectivity index (χ3v) is 4.42. The van der Waals surface area contributed by atoms with Gasteiger partial charge in [-0.05, 0) is 43.7 Å². The highest BCUT2D eigenvalue weighted by Crippen LogP contribution is 2.09. The Morgan fingerprint density at radius 3 is 2.32 bits per heavy atom. The van der Waals surface area contributed by atoms with Gasteiger partial charge >= 0.3 is 0 Å². The Kier molecular flexibility index (Phi) is 6.16. The summed E-state index contributed by atoms with van der Waals surface area (Å²) in [7, 11) is 0. The van der Waals surface area contributed by atoms with E-state index < -0.39 is 0 Å². The minimum atomic E-state index is -0.300. The molecule has 0 aliphatic heterocycles. The van der Waals surface area contributed by atoms with Crippen molar-refractivity contribution in [3.05, 3.63) is 77.6 Å². The van der Waals surface area contributed by atoms with Crippen molar-refractivity contribution < 1.29 is 9.59 Å². The molecule has 0 saturated carbocycles. The first-order chi connectivity index (χ1) is 13.6. The van der Waals surface area contributed by atoms with Crippen LogP contribution in [0.4, 0.5) is 0 Å². The Bertz CT molecular complexity index is 931. The molecule has 7 nitrogen and oxygen atoms in total. The summed E-state index contributed by atoms with van der Waals surface area (Å²) >= 11 is 0. The number of hydrogen-bond donors (Lipinski definition) is 1. The maximum absolute atomic E-state index is 12.3. The van der Waals surface area contributed by atoms with Crippen LogP contribution in [0.5, 0.6) is 0 Å². The van der Waals surface area contributed by atoms with Crippen LogP contribution in [0.3, 0.4) is 0 Å². The topological polar surface area (TPSA) is 80.1 Å². The van der Waals surface area contributed by atoms with Gasteiger partial charge in [0.05, 0.1) is 11.9 Å². The van der Waals surface area contributed by atoms with Gasteiger partial charge < -0.3 is 10.2 Å². The van der Waals surface area contributed by atoms with E-state index in [-0.39, 0.29) is 17.5 Å². The van der Waals surface area contributed by atoms with E-state index in [2.05, 4.69) is 15.5 Å². The highest BCUT2D eigenvalue weighted by atomic mass is 16.2. The summed E-state index contributed by atoms with van der Waals surface area (Å²) in [5.74, 6) is -0.288. The third kappa shape index (κ3) is 4.43. The van der Waals surface area contributed by atoms with Crippen LogP contribution in [0.25, 0.3) is 5.69 Å². The van der Waals surface area contributed by atoms with Gasteiger partial charge in [0.2, 0.25) is 0 Å². The lowest BCUT2D eigenvalue weighted by molar-refractivity contribution is 0.0772. The maximum Gasteiger partial charge on any atom is 0.273 e. The molecule has 0 radical (unpaired) electrons. The molecule has 2 aromatic carbocycles. The smallest absolute Gasteiger partial charge is 0.273 e. The van der Waals surface area contributed by atoms with Crippen LogP contribution in [0.1, 0.15) is 40.3 Å². The Morgan fingerprint density at radius 1 is 1.00 bits per heavy atom. The lowest BCUT2D eigenvalue weighted by Gasteiger charge is -2.18. The molecule has 2 amide bonds. The van der Waals surface area contributed by atoms with Crippen LogP contribution in [-0.4, -0.2) is 44.8 Å². The monoisotopic (exact) mass is 377 g/mol. The first-order valence-electron chi connectivity index (χ1n) is 9.26. The molecule has 0 spiro atoms. The van der Waals surface area contributed by atoms with Crippen LogP contribution in [0.2, 0.25) is 0 Å². The second-order valence-electron chi connectivity index (χ2n) is 6.21. The van der Waals surface area contributed by atoms with Gasteiger partial charge in [-0.15, -0.1) is 5.10 Å². The first kappa shape index (κ1) is 19.3. The van der Waals surface area contributed by atoms with Gasteiger partial charge in [0.1, 0.15) is 0 Å². The number of para-hydroxylation sites is 1. The molecule has 1 heterocycles. The van der Waals surface area contributed by atoms with Crippen molar-refractivity contribution in [2.75, 3.05) is 13.1 Å². The molecular weight excluding hydrogens is 354 g/mol. The number of nitrogens with one attached hydrogen (secondary N) is 1. The fourth-order valence-corrected chi connectivity index (χ4v) is 2.78. The summed E-state index contributed by atoms with van der Waals surface area (Å²) in [6.07, 6.45) is 1.44. The van der Waals surface area contributed by atoms with E-state index in [1.807, 2.05) is 56.3 Å². The Balaban J connectivity index is 1.59.